The van der Waals surface area contributed by atoms with Gasteiger partial charge in [-0.3, -0.25) is 9.89 Å². The van der Waals surface area contributed by atoms with Crippen LogP contribution in [0.25, 0.3) is 11.3 Å². The summed E-state index contributed by atoms with van der Waals surface area (Å²) in [5.41, 5.74) is 2.74. The van der Waals surface area contributed by atoms with Gasteiger partial charge in [0.15, 0.2) is 0 Å². The molecule has 132 valence electrons. The van der Waals surface area contributed by atoms with E-state index in [-0.39, 0.29) is 18.4 Å². The van der Waals surface area contributed by atoms with Gasteiger partial charge in [0.2, 0.25) is 0 Å². The van der Waals surface area contributed by atoms with E-state index in [0.717, 1.165) is 11.1 Å². The smallest absolute Gasteiger partial charge is 0.271 e. The molecule has 4 rings (SSSR count). The molecule has 0 aliphatic carbocycles. The molecule has 0 spiro atoms. The third kappa shape index (κ3) is 3.18. The van der Waals surface area contributed by atoms with E-state index in [9.17, 15) is 9.90 Å². The number of amides is 1. The molecule has 2 atom stereocenters. The lowest BCUT2D eigenvalue weighted by Crippen LogP contribution is -2.29. The minimum absolute atomic E-state index is 0.136. The number of rotatable bonds is 3. The topological polar surface area (TPSA) is 95.0 Å². The van der Waals surface area contributed by atoms with Crippen LogP contribution in [-0.2, 0) is 0 Å². The fraction of sp³-hybridized carbons (Fsp3) is 0.222. The van der Waals surface area contributed by atoms with Gasteiger partial charge in [0, 0.05) is 29.6 Å². The Morgan fingerprint density at radius 1 is 1.19 bits per heavy atom. The van der Waals surface area contributed by atoms with E-state index in [2.05, 4.69) is 20.4 Å². The first-order chi connectivity index (χ1) is 12.6. The van der Waals surface area contributed by atoms with Crippen LogP contribution in [0, 0.1) is 0 Å². The SMILES string of the molecule is O=C(c1cc(-c2ccnnc2)n[nH]1)N1C[C@H](O)[C@H](c2ccc(Cl)cc2)C1. The summed E-state index contributed by atoms with van der Waals surface area (Å²) < 4.78 is 0. The van der Waals surface area contributed by atoms with Gasteiger partial charge in [-0.15, -0.1) is 0 Å². The third-order valence-corrected chi connectivity index (χ3v) is 4.81. The summed E-state index contributed by atoms with van der Waals surface area (Å²) >= 11 is 5.92. The molecule has 3 heterocycles. The van der Waals surface area contributed by atoms with Crippen LogP contribution in [-0.4, -0.2) is 55.5 Å². The van der Waals surface area contributed by atoms with E-state index in [1.807, 2.05) is 12.1 Å². The summed E-state index contributed by atoms with van der Waals surface area (Å²) in [5.74, 6) is -0.329. The van der Waals surface area contributed by atoms with Crippen LogP contribution in [0.1, 0.15) is 22.0 Å². The van der Waals surface area contributed by atoms with Crippen LogP contribution in [0.2, 0.25) is 5.02 Å². The van der Waals surface area contributed by atoms with Crippen molar-refractivity contribution in [3.63, 3.8) is 0 Å². The normalized spacial score (nSPS) is 19.7. The molecule has 1 aromatic carbocycles. The van der Waals surface area contributed by atoms with Gasteiger partial charge in [-0.1, -0.05) is 23.7 Å². The van der Waals surface area contributed by atoms with E-state index < -0.39 is 6.10 Å². The summed E-state index contributed by atoms with van der Waals surface area (Å²) in [7, 11) is 0. The van der Waals surface area contributed by atoms with Gasteiger partial charge in [0.25, 0.3) is 5.91 Å². The first-order valence-corrected chi connectivity index (χ1v) is 8.55. The highest BCUT2D eigenvalue weighted by Crippen LogP contribution is 2.29. The Morgan fingerprint density at radius 3 is 2.73 bits per heavy atom. The Hall–Kier alpha value is -2.77. The average molecular weight is 370 g/mol. The van der Waals surface area contributed by atoms with Crippen molar-refractivity contribution in [2.24, 2.45) is 0 Å². The number of carbonyl (C=O) groups excluding carboxylic acids is 1. The number of H-pyrrole nitrogens is 1. The quantitative estimate of drug-likeness (QED) is 0.737. The summed E-state index contributed by atoms with van der Waals surface area (Å²) in [5, 5.41) is 25.5. The first kappa shape index (κ1) is 16.7. The number of β-amino-alcohol motifs (C(OH)–C–C–N with tert-alkyl or cyclic N) is 1. The highest BCUT2D eigenvalue weighted by atomic mass is 35.5. The predicted octanol–water partition coefficient (Wildman–Crippen LogP) is 2.12. The number of nitrogens with zero attached hydrogens (tertiary/aromatic N) is 4. The van der Waals surface area contributed by atoms with E-state index >= 15 is 0 Å². The number of aliphatic hydroxyl groups excluding tert-OH is 1. The van der Waals surface area contributed by atoms with Crippen molar-refractivity contribution in [3.05, 3.63) is 65.1 Å². The maximum absolute atomic E-state index is 12.8. The van der Waals surface area contributed by atoms with E-state index in [1.165, 1.54) is 0 Å². The van der Waals surface area contributed by atoms with Crippen molar-refractivity contribution >= 4 is 17.5 Å². The molecule has 7 nitrogen and oxygen atoms in total. The lowest BCUT2D eigenvalue weighted by molar-refractivity contribution is 0.0759. The molecule has 1 fully saturated rings. The van der Waals surface area contributed by atoms with Gasteiger partial charge in [-0.05, 0) is 29.8 Å². The molecule has 3 aromatic rings. The summed E-state index contributed by atoms with van der Waals surface area (Å²) in [6.45, 7) is 0.712. The number of hydrogen-bond donors (Lipinski definition) is 2. The largest absolute Gasteiger partial charge is 0.391 e. The standard InChI is InChI=1S/C18H16ClN5O2/c19-13-3-1-11(2-4-13)14-9-24(10-17(14)25)18(26)16-7-15(22-23-16)12-5-6-20-21-8-12/h1-8,14,17,25H,9-10H2,(H,22,23)/t14-,17-/m0/s1. The minimum Gasteiger partial charge on any atom is -0.391 e. The first-order valence-electron chi connectivity index (χ1n) is 8.17. The molecule has 2 aromatic heterocycles. The number of carbonyl (C=O) groups is 1. The lowest BCUT2D eigenvalue weighted by Gasteiger charge is -2.15. The lowest BCUT2D eigenvalue weighted by atomic mass is 9.96. The molecule has 0 bridgehead atoms. The molecule has 1 aliphatic rings. The maximum Gasteiger partial charge on any atom is 0.271 e. The highest BCUT2D eigenvalue weighted by molar-refractivity contribution is 6.30. The number of aliphatic hydroxyl groups is 1. The highest BCUT2D eigenvalue weighted by Gasteiger charge is 2.35. The van der Waals surface area contributed by atoms with E-state index in [1.54, 1.807) is 41.6 Å². The van der Waals surface area contributed by atoms with Gasteiger partial charge < -0.3 is 10.0 Å². The fourth-order valence-corrected chi connectivity index (χ4v) is 3.31. The Kier molecular flexibility index (Phi) is 4.40. The number of hydrogen-bond acceptors (Lipinski definition) is 5. The Bertz CT molecular complexity index is 913. The molecule has 26 heavy (non-hydrogen) atoms. The summed E-state index contributed by atoms with van der Waals surface area (Å²) in [4.78, 5) is 14.4. The van der Waals surface area contributed by atoms with Gasteiger partial charge in [0.1, 0.15) is 5.69 Å². The second-order valence-corrected chi connectivity index (χ2v) is 6.67. The second-order valence-electron chi connectivity index (χ2n) is 6.23. The molecule has 1 amide bonds. The van der Waals surface area contributed by atoms with Crippen molar-refractivity contribution in [1.29, 1.82) is 0 Å². The number of halogens is 1. The molecule has 0 unspecified atom stereocenters. The Morgan fingerprint density at radius 2 is 2.00 bits per heavy atom. The van der Waals surface area contributed by atoms with Crippen molar-refractivity contribution in [3.8, 4) is 11.3 Å². The maximum atomic E-state index is 12.8. The molecule has 2 N–H and O–H groups in total. The van der Waals surface area contributed by atoms with Crippen molar-refractivity contribution < 1.29 is 9.90 Å². The third-order valence-electron chi connectivity index (χ3n) is 4.56. The zero-order valence-corrected chi connectivity index (χ0v) is 14.5. The van der Waals surface area contributed by atoms with Crippen LogP contribution in [0.5, 0.6) is 0 Å². The van der Waals surface area contributed by atoms with Gasteiger partial charge in [-0.25, -0.2) is 0 Å². The number of likely N-dealkylation sites (tertiary alicyclic amines) is 1. The number of aromatic amines is 1. The second kappa shape index (κ2) is 6.86. The van der Waals surface area contributed by atoms with Crippen LogP contribution in [0.3, 0.4) is 0 Å². The zero-order chi connectivity index (χ0) is 18.1. The van der Waals surface area contributed by atoms with Crippen molar-refractivity contribution in [1.82, 2.24) is 25.3 Å². The summed E-state index contributed by atoms with van der Waals surface area (Å²) in [6.07, 6.45) is 2.53. The van der Waals surface area contributed by atoms with Crippen LogP contribution >= 0.6 is 11.6 Å². The van der Waals surface area contributed by atoms with E-state index in [4.69, 9.17) is 11.6 Å². The number of nitrogens with one attached hydrogen (secondary N) is 1. The van der Waals surface area contributed by atoms with Crippen LogP contribution in [0.15, 0.2) is 48.8 Å². The fourth-order valence-electron chi connectivity index (χ4n) is 3.18. The monoisotopic (exact) mass is 369 g/mol. The molecule has 0 radical (unpaired) electrons. The molecule has 0 saturated carbocycles. The molecule has 1 saturated heterocycles. The zero-order valence-electron chi connectivity index (χ0n) is 13.7. The average Bonchev–Trinajstić information content (AvgIpc) is 3.30. The van der Waals surface area contributed by atoms with Gasteiger partial charge in [-0.2, -0.15) is 15.3 Å². The van der Waals surface area contributed by atoms with Crippen molar-refractivity contribution in [2.45, 2.75) is 12.0 Å². The number of benzene rings is 1. The van der Waals surface area contributed by atoms with Crippen molar-refractivity contribution in [2.75, 3.05) is 13.1 Å². The molecule has 8 heteroatoms. The minimum atomic E-state index is -0.619. The molecular formula is C18H16ClN5O2. The van der Waals surface area contributed by atoms with Crippen LogP contribution in [0.4, 0.5) is 0 Å². The Labute approximate surface area is 154 Å². The Balaban J connectivity index is 1.51. The predicted molar refractivity (Wildman–Crippen MR) is 95.7 cm³/mol. The van der Waals surface area contributed by atoms with Crippen LogP contribution < -0.4 is 0 Å². The van der Waals surface area contributed by atoms with Gasteiger partial charge in [0.05, 0.1) is 24.2 Å². The molecule has 1 aliphatic heterocycles. The number of aromatic nitrogens is 4. The summed E-state index contributed by atoms with van der Waals surface area (Å²) in [6, 6.07) is 10.8. The molecular weight excluding hydrogens is 354 g/mol. The van der Waals surface area contributed by atoms with E-state index in [0.29, 0.717) is 23.0 Å². The van der Waals surface area contributed by atoms with Gasteiger partial charge >= 0.3 is 0 Å².